The van der Waals surface area contributed by atoms with Gasteiger partial charge in [-0.3, -0.25) is 14.9 Å². The predicted molar refractivity (Wildman–Crippen MR) is 87.3 cm³/mol. The van der Waals surface area contributed by atoms with E-state index in [9.17, 15) is 14.9 Å². The van der Waals surface area contributed by atoms with Gasteiger partial charge in [-0.1, -0.05) is 11.6 Å². The number of anilines is 1. The molecule has 0 aliphatic heterocycles. The quantitative estimate of drug-likeness (QED) is 0.657. The lowest BCUT2D eigenvalue weighted by Crippen LogP contribution is -2.51. The van der Waals surface area contributed by atoms with Gasteiger partial charge in [-0.05, 0) is 68.4 Å². The molecule has 0 saturated heterocycles. The smallest absolute Gasteiger partial charge is 0.288 e. The van der Waals surface area contributed by atoms with Gasteiger partial charge in [0, 0.05) is 11.8 Å². The molecule has 5 rings (SSSR count). The number of amides is 1. The van der Waals surface area contributed by atoms with E-state index in [0.717, 1.165) is 19.3 Å². The van der Waals surface area contributed by atoms with E-state index in [1.807, 2.05) is 0 Å². The molecule has 0 radical (unpaired) electrons. The van der Waals surface area contributed by atoms with E-state index in [0.29, 0.717) is 23.4 Å². The molecular formula is C17H19ClN2O3. The molecule has 1 aromatic rings. The van der Waals surface area contributed by atoms with Crippen LogP contribution < -0.4 is 5.32 Å². The number of benzene rings is 1. The summed E-state index contributed by atoms with van der Waals surface area (Å²) >= 11 is 5.93. The van der Waals surface area contributed by atoms with Gasteiger partial charge in [0.1, 0.15) is 5.02 Å². The summed E-state index contributed by atoms with van der Waals surface area (Å²) in [7, 11) is 0. The monoisotopic (exact) mass is 334 g/mol. The van der Waals surface area contributed by atoms with Crippen LogP contribution in [0, 0.1) is 33.3 Å². The first-order valence-electron chi connectivity index (χ1n) is 8.20. The lowest BCUT2D eigenvalue weighted by atomic mass is 9.49. The second-order valence-corrected chi connectivity index (χ2v) is 7.98. The number of nitro groups is 1. The molecule has 4 aliphatic rings. The Morgan fingerprint density at radius 2 is 1.74 bits per heavy atom. The highest BCUT2D eigenvalue weighted by molar-refractivity contribution is 6.33. The Bertz CT molecular complexity index is 653. The number of nitro benzene ring substituents is 1. The van der Waals surface area contributed by atoms with Crippen LogP contribution >= 0.6 is 11.6 Å². The average Bonchev–Trinajstić information content (AvgIpc) is 2.45. The molecule has 0 heterocycles. The maximum Gasteiger partial charge on any atom is 0.288 e. The van der Waals surface area contributed by atoms with E-state index in [1.165, 1.54) is 31.4 Å². The number of hydrogen-bond donors (Lipinski definition) is 1. The van der Waals surface area contributed by atoms with Gasteiger partial charge in [0.25, 0.3) is 5.69 Å². The van der Waals surface area contributed by atoms with Crippen LogP contribution in [0.25, 0.3) is 0 Å². The number of rotatable bonds is 3. The predicted octanol–water partition coefficient (Wildman–Crippen LogP) is 4.40. The summed E-state index contributed by atoms with van der Waals surface area (Å²) in [5.41, 5.74) is 0.170. The van der Waals surface area contributed by atoms with Gasteiger partial charge in [-0.2, -0.15) is 0 Å². The molecular weight excluding hydrogens is 316 g/mol. The largest absolute Gasteiger partial charge is 0.326 e. The fraction of sp³-hybridized carbons (Fsp3) is 0.588. The molecule has 4 bridgehead atoms. The third kappa shape index (κ3) is 2.51. The SMILES string of the molecule is O=C(Nc1ccc([N+](=O)[O-])c(Cl)c1)C12CC3CC(CC(C3)C1)C2. The molecule has 4 aliphatic carbocycles. The molecule has 5 nitrogen and oxygen atoms in total. The number of carbonyl (C=O) groups is 1. The van der Waals surface area contributed by atoms with Crippen LogP contribution in [0.5, 0.6) is 0 Å². The van der Waals surface area contributed by atoms with Crippen LogP contribution in [0.1, 0.15) is 38.5 Å². The molecule has 122 valence electrons. The van der Waals surface area contributed by atoms with Crippen molar-refractivity contribution < 1.29 is 9.72 Å². The topological polar surface area (TPSA) is 72.2 Å². The summed E-state index contributed by atoms with van der Waals surface area (Å²) in [6, 6.07) is 4.37. The highest BCUT2D eigenvalue weighted by Crippen LogP contribution is 2.60. The first-order valence-corrected chi connectivity index (χ1v) is 8.58. The van der Waals surface area contributed by atoms with Crippen LogP contribution in [-0.2, 0) is 4.79 Å². The maximum atomic E-state index is 12.9. The fourth-order valence-corrected chi connectivity index (χ4v) is 5.63. The lowest BCUT2D eigenvalue weighted by Gasteiger charge is -2.55. The number of halogens is 1. The molecule has 1 aromatic carbocycles. The molecule has 4 saturated carbocycles. The van der Waals surface area contributed by atoms with E-state index >= 15 is 0 Å². The van der Waals surface area contributed by atoms with Gasteiger partial charge in [0.05, 0.1) is 10.3 Å². The number of nitrogens with one attached hydrogen (secondary N) is 1. The number of carbonyl (C=O) groups excluding carboxylic acids is 1. The van der Waals surface area contributed by atoms with Crippen molar-refractivity contribution in [2.45, 2.75) is 38.5 Å². The zero-order valence-corrected chi connectivity index (χ0v) is 13.5. The first-order chi connectivity index (χ1) is 10.9. The van der Waals surface area contributed by atoms with E-state index < -0.39 is 4.92 Å². The summed E-state index contributed by atoms with van der Waals surface area (Å²) in [4.78, 5) is 23.2. The third-order valence-corrected chi connectivity index (χ3v) is 6.22. The standard InChI is InChI=1S/C17H19ClN2O3/c18-14-6-13(1-2-15(14)20(22)23)19-16(21)17-7-10-3-11(8-17)5-12(4-10)9-17/h1-2,6,10-12H,3-5,7-9H2,(H,19,21). The van der Waals surface area contributed by atoms with Crippen molar-refractivity contribution in [2.24, 2.45) is 23.2 Å². The Kier molecular flexibility index (Phi) is 3.38. The Morgan fingerprint density at radius 3 is 2.22 bits per heavy atom. The van der Waals surface area contributed by atoms with Crippen LogP contribution in [0.4, 0.5) is 11.4 Å². The molecule has 6 heteroatoms. The van der Waals surface area contributed by atoms with Gasteiger partial charge in [-0.25, -0.2) is 0 Å². The maximum absolute atomic E-state index is 12.9. The normalized spacial score (nSPS) is 34.4. The Morgan fingerprint density at radius 1 is 1.17 bits per heavy atom. The Labute approximate surface area is 139 Å². The van der Waals surface area contributed by atoms with Crippen molar-refractivity contribution in [2.75, 3.05) is 5.32 Å². The Balaban J connectivity index is 1.54. The van der Waals surface area contributed by atoms with Crippen LogP contribution in [0.2, 0.25) is 5.02 Å². The summed E-state index contributed by atoms with van der Waals surface area (Å²) < 4.78 is 0. The highest BCUT2D eigenvalue weighted by atomic mass is 35.5. The molecule has 1 amide bonds. The Hall–Kier alpha value is -1.62. The molecule has 1 N–H and O–H groups in total. The zero-order valence-electron chi connectivity index (χ0n) is 12.8. The third-order valence-electron chi connectivity index (χ3n) is 5.92. The van der Waals surface area contributed by atoms with Gasteiger partial charge >= 0.3 is 0 Å². The van der Waals surface area contributed by atoms with Crippen LogP contribution in [0.3, 0.4) is 0 Å². The molecule has 4 fully saturated rings. The molecule has 0 spiro atoms. The summed E-state index contributed by atoms with van der Waals surface area (Å²) in [6.45, 7) is 0. The van der Waals surface area contributed by atoms with Crippen molar-refractivity contribution in [3.63, 3.8) is 0 Å². The summed E-state index contributed by atoms with van der Waals surface area (Å²) in [5, 5.41) is 13.8. The minimum absolute atomic E-state index is 0.0540. The van der Waals surface area contributed by atoms with Crippen molar-refractivity contribution in [3.8, 4) is 0 Å². The highest BCUT2D eigenvalue weighted by Gasteiger charge is 2.54. The van der Waals surface area contributed by atoms with E-state index in [-0.39, 0.29) is 22.0 Å². The van der Waals surface area contributed by atoms with Gasteiger partial charge in [-0.15, -0.1) is 0 Å². The first kappa shape index (κ1) is 14.9. The second-order valence-electron chi connectivity index (χ2n) is 7.58. The van der Waals surface area contributed by atoms with Crippen LogP contribution in [-0.4, -0.2) is 10.8 Å². The van der Waals surface area contributed by atoms with E-state index in [2.05, 4.69) is 5.32 Å². The van der Waals surface area contributed by atoms with Gasteiger partial charge in [0.15, 0.2) is 0 Å². The second kappa shape index (κ2) is 5.20. The van der Waals surface area contributed by atoms with Gasteiger partial charge < -0.3 is 5.32 Å². The summed E-state index contributed by atoms with van der Waals surface area (Å²) in [6.07, 6.45) is 6.84. The number of nitrogens with zero attached hydrogens (tertiary/aromatic N) is 1. The molecule has 0 atom stereocenters. The average molecular weight is 335 g/mol. The molecule has 0 unspecified atom stereocenters. The number of hydrogen-bond acceptors (Lipinski definition) is 3. The van der Waals surface area contributed by atoms with Crippen molar-refractivity contribution in [1.29, 1.82) is 0 Å². The molecule has 23 heavy (non-hydrogen) atoms. The van der Waals surface area contributed by atoms with Crippen molar-refractivity contribution in [3.05, 3.63) is 33.3 Å². The van der Waals surface area contributed by atoms with Crippen molar-refractivity contribution >= 4 is 28.9 Å². The van der Waals surface area contributed by atoms with E-state index in [4.69, 9.17) is 11.6 Å². The van der Waals surface area contributed by atoms with Crippen molar-refractivity contribution in [1.82, 2.24) is 0 Å². The molecule has 0 aromatic heterocycles. The summed E-state index contributed by atoms with van der Waals surface area (Å²) in [5.74, 6) is 2.17. The van der Waals surface area contributed by atoms with E-state index in [1.54, 1.807) is 6.07 Å². The minimum atomic E-state index is -0.521. The fourth-order valence-electron chi connectivity index (χ4n) is 5.39. The minimum Gasteiger partial charge on any atom is -0.326 e. The van der Waals surface area contributed by atoms with Crippen LogP contribution in [0.15, 0.2) is 18.2 Å². The lowest BCUT2D eigenvalue weighted by molar-refractivity contribution is -0.384. The van der Waals surface area contributed by atoms with Gasteiger partial charge in [0.2, 0.25) is 5.91 Å². The zero-order chi connectivity index (χ0) is 16.2.